The van der Waals surface area contributed by atoms with Crippen LogP contribution in [0, 0.1) is 0 Å². The van der Waals surface area contributed by atoms with Crippen molar-refractivity contribution in [2.45, 2.75) is 219 Å². The van der Waals surface area contributed by atoms with Crippen LogP contribution < -0.4 is 0 Å². The van der Waals surface area contributed by atoms with Crippen LogP contribution >= 0.6 is 24.8 Å². The number of hydrogen-bond donors (Lipinski definition) is 0. The van der Waals surface area contributed by atoms with E-state index in [2.05, 4.69) is 27.9 Å². The van der Waals surface area contributed by atoms with Crippen molar-refractivity contribution in [3.63, 3.8) is 0 Å². The molecule has 0 fully saturated rings. The van der Waals surface area contributed by atoms with Gasteiger partial charge in [0.2, 0.25) is 0 Å². The highest BCUT2D eigenvalue weighted by Gasteiger charge is 2.13. The van der Waals surface area contributed by atoms with Crippen LogP contribution in [0.3, 0.4) is 0 Å². The number of unbranched alkanes of at least 4 members (excludes halogenated alkanes) is 30. The maximum atomic E-state index is 2.47. The molecule has 0 N–H and O–H groups in total. The van der Waals surface area contributed by atoms with E-state index < -0.39 is 0 Å². The summed E-state index contributed by atoms with van der Waals surface area (Å²) in [4.78, 5) is 0. The summed E-state index contributed by atoms with van der Waals surface area (Å²) in [6, 6.07) is 0. The van der Waals surface area contributed by atoms with Crippen molar-refractivity contribution in [1.82, 2.24) is 0 Å². The van der Waals surface area contributed by atoms with Crippen LogP contribution in [0.15, 0.2) is 0 Å². The quantitative estimate of drug-likeness (QED) is 0.0494. The Morgan fingerprint density at radius 2 is 0.390 bits per heavy atom. The van der Waals surface area contributed by atoms with Gasteiger partial charge in [0.25, 0.3) is 0 Å². The Morgan fingerprint density at radius 3 is 0.561 bits per heavy atom. The van der Waals surface area contributed by atoms with Crippen LogP contribution in [-0.4, -0.2) is 31.7 Å². The van der Waals surface area contributed by atoms with E-state index in [9.17, 15) is 0 Å². The van der Waals surface area contributed by atoms with Gasteiger partial charge in [-0.15, -0.1) is 24.8 Å². The summed E-state index contributed by atoms with van der Waals surface area (Å²) in [6.45, 7) is 7.39. The molecule has 0 aromatic heterocycles. The van der Waals surface area contributed by atoms with Gasteiger partial charge in [0.1, 0.15) is 0 Å². The third-order valence-corrected chi connectivity index (χ3v) is 9.23. The molecule has 41 heavy (non-hydrogen) atoms. The fourth-order valence-corrected chi connectivity index (χ4v) is 6.29. The van der Waals surface area contributed by atoms with Gasteiger partial charge in [0.05, 0.1) is 27.2 Å². The number of halogens is 2. The molecule has 0 heterocycles. The summed E-state index contributed by atoms with van der Waals surface area (Å²) >= 11 is 0. The fourth-order valence-electron chi connectivity index (χ4n) is 6.29. The highest BCUT2D eigenvalue weighted by Crippen LogP contribution is 2.16. The van der Waals surface area contributed by atoms with Gasteiger partial charge in [0, 0.05) is 0 Å². The lowest BCUT2D eigenvalue weighted by Crippen LogP contribution is -2.41. The third-order valence-electron chi connectivity index (χ3n) is 9.23. The smallest absolute Gasteiger partial charge is 0.0782 e. The minimum Gasteiger partial charge on any atom is -0.328 e. The standard InChI is InChI=1S/C38H80N.2ClH/c1-5-7-9-11-13-15-17-19-21-23-25-27-29-31-33-35-37-39(3,4)38-36-34-32-30-28-26-24-22-20-18-16-14-12-10-8-6-2;;/h5-38H2,1-4H3;2*1H/q+1;;. The molecule has 0 unspecified atom stereocenters. The zero-order valence-corrected chi connectivity index (χ0v) is 30.9. The van der Waals surface area contributed by atoms with Crippen LogP contribution in [0.1, 0.15) is 219 Å². The zero-order chi connectivity index (χ0) is 28.5. The molecule has 0 amide bonds. The first kappa shape index (κ1) is 46.0. The molecule has 0 aliphatic heterocycles. The lowest BCUT2D eigenvalue weighted by atomic mass is 10.0. The van der Waals surface area contributed by atoms with Gasteiger partial charge in [-0.2, -0.15) is 0 Å². The molecule has 0 rings (SSSR count). The Hall–Kier alpha value is 0.540. The summed E-state index contributed by atoms with van der Waals surface area (Å²) in [5.41, 5.74) is 0. The number of quaternary nitrogens is 1. The van der Waals surface area contributed by atoms with Crippen LogP contribution in [0.25, 0.3) is 0 Å². The first-order chi connectivity index (χ1) is 19.1. The lowest BCUT2D eigenvalue weighted by Gasteiger charge is -2.30. The normalized spacial score (nSPS) is 11.4. The Bertz CT molecular complexity index is 402. The molecule has 0 radical (unpaired) electrons. The van der Waals surface area contributed by atoms with Crippen molar-refractivity contribution in [1.29, 1.82) is 0 Å². The molecule has 0 saturated heterocycles. The van der Waals surface area contributed by atoms with E-state index in [1.807, 2.05) is 0 Å². The lowest BCUT2D eigenvalue weighted by molar-refractivity contribution is -0.890. The van der Waals surface area contributed by atoms with Crippen LogP contribution in [0.2, 0.25) is 0 Å². The minimum atomic E-state index is 0. The molecule has 0 bridgehead atoms. The van der Waals surface area contributed by atoms with Crippen molar-refractivity contribution in [2.75, 3.05) is 27.2 Å². The van der Waals surface area contributed by atoms with E-state index >= 15 is 0 Å². The molecule has 0 aliphatic rings. The van der Waals surface area contributed by atoms with Gasteiger partial charge in [-0.3, -0.25) is 0 Å². The Labute approximate surface area is 275 Å². The van der Waals surface area contributed by atoms with E-state index in [-0.39, 0.29) is 24.8 Å². The van der Waals surface area contributed by atoms with E-state index in [4.69, 9.17) is 0 Å². The van der Waals surface area contributed by atoms with Crippen molar-refractivity contribution in [3.8, 4) is 0 Å². The molecule has 0 aromatic carbocycles. The van der Waals surface area contributed by atoms with Gasteiger partial charge in [0.15, 0.2) is 0 Å². The van der Waals surface area contributed by atoms with Gasteiger partial charge in [-0.05, 0) is 25.7 Å². The molecule has 3 heteroatoms. The van der Waals surface area contributed by atoms with Gasteiger partial charge < -0.3 is 4.48 Å². The minimum absolute atomic E-state index is 0. The first-order valence-electron chi connectivity index (χ1n) is 18.9. The molecule has 0 atom stereocenters. The largest absolute Gasteiger partial charge is 0.328 e. The maximum Gasteiger partial charge on any atom is 0.0782 e. The molecule has 0 saturated carbocycles. The molecule has 0 spiro atoms. The maximum absolute atomic E-state index is 2.47. The van der Waals surface area contributed by atoms with Crippen LogP contribution in [0.5, 0.6) is 0 Å². The summed E-state index contributed by atoms with van der Waals surface area (Å²) in [5, 5.41) is 0. The number of hydrogen-bond acceptors (Lipinski definition) is 0. The van der Waals surface area contributed by atoms with Crippen LogP contribution in [-0.2, 0) is 0 Å². The molecule has 252 valence electrons. The van der Waals surface area contributed by atoms with E-state index in [1.54, 1.807) is 0 Å². The van der Waals surface area contributed by atoms with Crippen LogP contribution in [0.4, 0.5) is 0 Å². The number of rotatable bonds is 34. The second-order valence-electron chi connectivity index (χ2n) is 14.0. The van der Waals surface area contributed by atoms with E-state index in [1.165, 1.54) is 223 Å². The second kappa shape index (κ2) is 38.6. The van der Waals surface area contributed by atoms with E-state index in [0.29, 0.717) is 0 Å². The third kappa shape index (κ3) is 40.5. The highest BCUT2D eigenvalue weighted by atomic mass is 35.5. The summed E-state index contributed by atoms with van der Waals surface area (Å²) < 4.78 is 1.25. The highest BCUT2D eigenvalue weighted by molar-refractivity contribution is 5.85. The van der Waals surface area contributed by atoms with Gasteiger partial charge in [-0.1, -0.05) is 194 Å². The molecular formula is C38H82Cl2N+. The van der Waals surface area contributed by atoms with Gasteiger partial charge >= 0.3 is 0 Å². The Balaban J connectivity index is -0.00000722. The predicted molar refractivity (Wildman–Crippen MR) is 195 cm³/mol. The summed E-state index contributed by atoms with van der Waals surface area (Å²) in [6.07, 6.45) is 46.9. The second-order valence-corrected chi connectivity index (χ2v) is 14.0. The van der Waals surface area contributed by atoms with Crippen molar-refractivity contribution in [2.24, 2.45) is 0 Å². The Kier molecular flexibility index (Phi) is 43.2. The molecular weight excluding hydrogens is 541 g/mol. The summed E-state index contributed by atoms with van der Waals surface area (Å²) in [7, 11) is 4.94. The average molecular weight is 624 g/mol. The zero-order valence-electron chi connectivity index (χ0n) is 29.3. The fraction of sp³-hybridized carbons (Fsp3) is 1.00. The molecule has 1 nitrogen and oxygen atoms in total. The SMILES string of the molecule is CCCCCCCCCCCCCCCCCC[N+](C)(C)CCCCCCCCCCCCCCCCCC.Cl.Cl. The monoisotopic (exact) mass is 623 g/mol. The van der Waals surface area contributed by atoms with Crippen molar-refractivity contribution in [3.05, 3.63) is 0 Å². The Morgan fingerprint density at radius 1 is 0.244 bits per heavy atom. The average Bonchev–Trinajstić information content (AvgIpc) is 2.92. The van der Waals surface area contributed by atoms with Crippen molar-refractivity contribution < 1.29 is 4.48 Å². The first-order valence-corrected chi connectivity index (χ1v) is 18.9. The molecule has 0 aliphatic carbocycles. The molecule has 0 aromatic rings. The van der Waals surface area contributed by atoms with Crippen molar-refractivity contribution >= 4 is 24.8 Å². The number of nitrogens with zero attached hydrogens (tertiary/aromatic N) is 1. The topological polar surface area (TPSA) is 0 Å². The predicted octanol–water partition coefficient (Wildman–Crippen LogP) is 14.4. The van der Waals surface area contributed by atoms with E-state index in [0.717, 1.165) is 0 Å². The van der Waals surface area contributed by atoms with Gasteiger partial charge in [-0.25, -0.2) is 0 Å². The summed E-state index contributed by atoms with van der Waals surface area (Å²) in [5.74, 6) is 0.